The number of nitrogens with zero attached hydrogens (tertiary/aromatic N) is 2. The summed E-state index contributed by atoms with van der Waals surface area (Å²) in [4.78, 5) is 22.3. The Hall–Kier alpha value is -3.02. The van der Waals surface area contributed by atoms with E-state index in [9.17, 15) is 14.9 Å². The van der Waals surface area contributed by atoms with Crippen molar-refractivity contribution in [3.8, 4) is 0 Å². The molecule has 0 aliphatic heterocycles. The van der Waals surface area contributed by atoms with Gasteiger partial charge in [0, 0.05) is 17.7 Å². The molecule has 0 heterocycles. The van der Waals surface area contributed by atoms with Crippen LogP contribution in [-0.2, 0) is 6.42 Å². The van der Waals surface area contributed by atoms with Gasteiger partial charge in [0.05, 0.1) is 10.6 Å². The molecular weight excluding hydrogens is 306 g/mol. The number of amides is 1. The van der Waals surface area contributed by atoms with Gasteiger partial charge in [-0.25, -0.2) is 5.43 Å². The Kier molecular flexibility index (Phi) is 5.78. The van der Waals surface area contributed by atoms with Gasteiger partial charge in [-0.05, 0) is 30.5 Å². The zero-order valence-corrected chi connectivity index (χ0v) is 13.7. The predicted octanol–water partition coefficient (Wildman–Crippen LogP) is 3.70. The first-order valence-corrected chi connectivity index (χ1v) is 7.69. The minimum atomic E-state index is -0.539. The van der Waals surface area contributed by atoms with Crippen LogP contribution in [0.3, 0.4) is 0 Å². The van der Waals surface area contributed by atoms with Crippen molar-refractivity contribution in [3.05, 3.63) is 75.3 Å². The molecule has 0 aromatic heterocycles. The van der Waals surface area contributed by atoms with Crippen LogP contribution < -0.4 is 5.43 Å². The molecule has 1 N–H and O–H groups in total. The van der Waals surface area contributed by atoms with Crippen molar-refractivity contribution in [3.63, 3.8) is 0 Å². The van der Waals surface area contributed by atoms with E-state index in [1.165, 1.54) is 29.8 Å². The highest BCUT2D eigenvalue weighted by Crippen LogP contribution is 2.13. The van der Waals surface area contributed by atoms with Crippen molar-refractivity contribution in [2.45, 2.75) is 26.7 Å². The number of benzene rings is 2. The summed E-state index contributed by atoms with van der Waals surface area (Å²) in [6.07, 6.45) is 2.12. The summed E-state index contributed by atoms with van der Waals surface area (Å²) in [5.74, 6) is -0.486. The van der Waals surface area contributed by atoms with Crippen LogP contribution >= 0.6 is 0 Å². The number of hydrogen-bond acceptors (Lipinski definition) is 4. The molecular formula is C18H19N3O3. The van der Waals surface area contributed by atoms with Gasteiger partial charge in [-0.2, -0.15) is 5.10 Å². The molecule has 0 aliphatic rings. The number of rotatable bonds is 6. The second-order valence-corrected chi connectivity index (χ2v) is 5.39. The molecule has 24 heavy (non-hydrogen) atoms. The van der Waals surface area contributed by atoms with Gasteiger partial charge in [-0.1, -0.05) is 43.7 Å². The lowest BCUT2D eigenvalue weighted by molar-refractivity contribution is -0.384. The summed E-state index contributed by atoms with van der Waals surface area (Å²) >= 11 is 0. The molecule has 0 fully saturated rings. The van der Waals surface area contributed by atoms with E-state index in [0.717, 1.165) is 18.4 Å². The first kappa shape index (κ1) is 17.3. The van der Waals surface area contributed by atoms with E-state index in [2.05, 4.69) is 17.5 Å². The molecule has 0 saturated carbocycles. The number of nitro benzene ring substituents is 1. The number of hydrazone groups is 1. The molecule has 6 nitrogen and oxygen atoms in total. The quantitative estimate of drug-likeness (QED) is 0.499. The highest BCUT2D eigenvalue weighted by atomic mass is 16.6. The lowest BCUT2D eigenvalue weighted by Crippen LogP contribution is -2.19. The van der Waals surface area contributed by atoms with Gasteiger partial charge in [-0.3, -0.25) is 14.9 Å². The molecule has 0 aliphatic carbocycles. The number of nitrogens with one attached hydrogen (secondary N) is 1. The van der Waals surface area contributed by atoms with Gasteiger partial charge < -0.3 is 0 Å². The molecule has 2 aromatic carbocycles. The molecule has 0 spiro atoms. The van der Waals surface area contributed by atoms with Gasteiger partial charge in [0.2, 0.25) is 0 Å². The van der Waals surface area contributed by atoms with E-state index in [0.29, 0.717) is 5.71 Å². The molecule has 2 rings (SSSR count). The maximum Gasteiger partial charge on any atom is 0.271 e. The first-order chi connectivity index (χ1) is 11.5. The molecule has 0 bridgehead atoms. The zero-order valence-electron chi connectivity index (χ0n) is 13.7. The third kappa shape index (κ3) is 4.49. The zero-order chi connectivity index (χ0) is 17.5. The van der Waals surface area contributed by atoms with Crippen LogP contribution in [0, 0.1) is 10.1 Å². The van der Waals surface area contributed by atoms with Crippen molar-refractivity contribution < 1.29 is 9.72 Å². The van der Waals surface area contributed by atoms with E-state index >= 15 is 0 Å². The molecule has 1 amide bonds. The smallest absolute Gasteiger partial charge is 0.267 e. The summed E-state index contributed by atoms with van der Waals surface area (Å²) in [6.45, 7) is 3.92. The summed E-state index contributed by atoms with van der Waals surface area (Å²) in [6, 6.07) is 13.5. The van der Waals surface area contributed by atoms with Crippen molar-refractivity contribution in [1.82, 2.24) is 5.43 Å². The minimum Gasteiger partial charge on any atom is -0.267 e. The fourth-order valence-electron chi connectivity index (χ4n) is 2.23. The van der Waals surface area contributed by atoms with E-state index in [1.807, 2.05) is 24.3 Å². The van der Waals surface area contributed by atoms with Gasteiger partial charge >= 0.3 is 0 Å². The summed E-state index contributed by atoms with van der Waals surface area (Å²) in [5.41, 5.74) is 5.33. The highest BCUT2D eigenvalue weighted by molar-refractivity contribution is 6.01. The third-order valence-electron chi connectivity index (χ3n) is 3.55. The summed E-state index contributed by atoms with van der Waals surface area (Å²) < 4.78 is 0. The molecule has 0 atom stereocenters. The monoisotopic (exact) mass is 325 g/mol. The molecule has 2 aromatic rings. The van der Waals surface area contributed by atoms with E-state index in [4.69, 9.17) is 0 Å². The second kappa shape index (κ2) is 8.01. The predicted molar refractivity (Wildman–Crippen MR) is 93.2 cm³/mol. The van der Waals surface area contributed by atoms with Crippen LogP contribution in [0.2, 0.25) is 0 Å². The van der Waals surface area contributed by atoms with Gasteiger partial charge in [0.25, 0.3) is 11.6 Å². The molecule has 0 unspecified atom stereocenters. The Morgan fingerprint density at radius 1 is 1.17 bits per heavy atom. The number of non-ortho nitro benzene ring substituents is 1. The molecule has 0 saturated heterocycles. The van der Waals surface area contributed by atoms with Crippen LogP contribution in [0.15, 0.2) is 53.6 Å². The van der Waals surface area contributed by atoms with Crippen molar-refractivity contribution in [1.29, 1.82) is 0 Å². The van der Waals surface area contributed by atoms with Crippen LogP contribution in [0.1, 0.15) is 41.8 Å². The number of aryl methyl sites for hydroxylation is 1. The minimum absolute atomic E-state index is 0.130. The average Bonchev–Trinajstić information content (AvgIpc) is 2.60. The standard InChI is InChI=1S/C18H19N3O3/c1-3-5-14-8-10-15(11-9-14)13(2)19-20-18(22)16-6-4-7-17(12-16)21(23)24/h4,6-12H,3,5H2,1-2H3,(H,20,22)/b19-13+. The van der Waals surface area contributed by atoms with Crippen LogP contribution in [-0.4, -0.2) is 16.5 Å². The topological polar surface area (TPSA) is 84.6 Å². The third-order valence-corrected chi connectivity index (χ3v) is 3.55. The largest absolute Gasteiger partial charge is 0.271 e. The first-order valence-electron chi connectivity index (χ1n) is 7.69. The van der Waals surface area contributed by atoms with Crippen LogP contribution in [0.4, 0.5) is 5.69 Å². The van der Waals surface area contributed by atoms with E-state index in [-0.39, 0.29) is 11.3 Å². The van der Waals surface area contributed by atoms with Crippen LogP contribution in [0.5, 0.6) is 0 Å². The lowest BCUT2D eigenvalue weighted by atomic mass is 10.1. The Balaban J connectivity index is 2.07. The van der Waals surface area contributed by atoms with Crippen molar-refractivity contribution >= 4 is 17.3 Å². The number of hydrogen-bond donors (Lipinski definition) is 1. The normalized spacial score (nSPS) is 11.2. The van der Waals surface area contributed by atoms with Crippen molar-refractivity contribution in [2.75, 3.05) is 0 Å². The molecule has 124 valence electrons. The van der Waals surface area contributed by atoms with Crippen molar-refractivity contribution in [2.24, 2.45) is 5.10 Å². The molecule has 6 heteroatoms. The number of carbonyl (C=O) groups excluding carboxylic acids is 1. The Morgan fingerprint density at radius 2 is 1.88 bits per heavy atom. The molecule has 0 radical (unpaired) electrons. The van der Waals surface area contributed by atoms with Gasteiger partial charge in [0.15, 0.2) is 0 Å². The highest BCUT2D eigenvalue weighted by Gasteiger charge is 2.11. The Bertz CT molecular complexity index is 767. The second-order valence-electron chi connectivity index (χ2n) is 5.39. The van der Waals surface area contributed by atoms with Crippen LogP contribution in [0.25, 0.3) is 0 Å². The fourth-order valence-corrected chi connectivity index (χ4v) is 2.23. The lowest BCUT2D eigenvalue weighted by Gasteiger charge is -2.04. The maximum absolute atomic E-state index is 12.1. The van der Waals surface area contributed by atoms with Gasteiger partial charge in [-0.15, -0.1) is 0 Å². The Morgan fingerprint density at radius 3 is 2.50 bits per heavy atom. The van der Waals surface area contributed by atoms with E-state index < -0.39 is 10.8 Å². The number of nitro groups is 1. The SMILES string of the molecule is CCCc1ccc(/C(C)=N/NC(=O)c2cccc([N+](=O)[O-])c2)cc1. The van der Waals surface area contributed by atoms with Gasteiger partial charge in [0.1, 0.15) is 0 Å². The van der Waals surface area contributed by atoms with E-state index in [1.54, 1.807) is 6.92 Å². The Labute approximate surface area is 140 Å². The average molecular weight is 325 g/mol. The summed E-state index contributed by atoms with van der Waals surface area (Å²) in [7, 11) is 0. The maximum atomic E-state index is 12.1. The number of carbonyl (C=O) groups is 1. The summed E-state index contributed by atoms with van der Waals surface area (Å²) in [5, 5.41) is 14.8. The fraction of sp³-hybridized carbons (Fsp3) is 0.222.